The Labute approximate surface area is 144 Å². The van der Waals surface area contributed by atoms with Gasteiger partial charge in [-0.2, -0.15) is 0 Å². The molecule has 2 aromatic carbocycles. The number of pyridine rings is 1. The Morgan fingerprint density at radius 2 is 1.67 bits per heavy atom. The molecule has 0 fully saturated rings. The highest BCUT2D eigenvalue weighted by Gasteiger charge is 2.09. The summed E-state index contributed by atoms with van der Waals surface area (Å²) < 4.78 is 3.86. The lowest BCUT2D eigenvalue weighted by Gasteiger charge is -2.10. The van der Waals surface area contributed by atoms with E-state index in [9.17, 15) is 4.79 Å². The summed E-state index contributed by atoms with van der Waals surface area (Å²) in [6.45, 7) is 0.705. The van der Waals surface area contributed by atoms with Gasteiger partial charge in [-0.3, -0.25) is 9.36 Å². The van der Waals surface area contributed by atoms with Crippen molar-refractivity contribution >= 4 is 22.6 Å². The molecule has 0 radical (unpaired) electrons. The molecule has 0 spiro atoms. The van der Waals surface area contributed by atoms with Crippen LogP contribution >= 0.6 is 11.6 Å². The quantitative estimate of drug-likeness (QED) is 0.542. The summed E-state index contributed by atoms with van der Waals surface area (Å²) in [5.41, 5.74) is 3.87. The lowest BCUT2D eigenvalue weighted by Crippen LogP contribution is -2.17. The summed E-state index contributed by atoms with van der Waals surface area (Å²) >= 11 is 6.07. The minimum absolute atomic E-state index is 0.0331. The largest absolute Gasteiger partial charge is 0.342 e. The minimum Gasteiger partial charge on any atom is -0.342 e. The summed E-state index contributed by atoms with van der Waals surface area (Å²) in [6, 6.07) is 23.0. The second-order valence-corrected chi connectivity index (χ2v) is 6.12. The Balaban J connectivity index is 1.85. The third-order valence-electron chi connectivity index (χ3n) is 4.09. The Morgan fingerprint density at radius 1 is 0.833 bits per heavy atom. The average molecular weight is 335 g/mol. The fraction of sp³-hybridized carbons (Fsp3) is 0.0500. The van der Waals surface area contributed by atoms with Gasteiger partial charge in [0.25, 0.3) is 5.56 Å². The van der Waals surface area contributed by atoms with Gasteiger partial charge in [0.05, 0.1) is 11.0 Å². The third kappa shape index (κ3) is 2.63. The summed E-state index contributed by atoms with van der Waals surface area (Å²) in [5.74, 6) is 0. The van der Waals surface area contributed by atoms with E-state index >= 15 is 0 Å². The molecule has 0 saturated carbocycles. The van der Waals surface area contributed by atoms with Gasteiger partial charge >= 0.3 is 0 Å². The van der Waals surface area contributed by atoms with Crippen LogP contribution in [0.15, 0.2) is 83.8 Å². The number of rotatable bonds is 3. The number of halogens is 1. The summed E-state index contributed by atoms with van der Waals surface area (Å²) in [7, 11) is 0. The third-order valence-corrected chi connectivity index (χ3v) is 4.32. The van der Waals surface area contributed by atoms with E-state index in [-0.39, 0.29) is 5.56 Å². The van der Waals surface area contributed by atoms with Crippen LogP contribution in [0.3, 0.4) is 0 Å². The monoisotopic (exact) mass is 334 g/mol. The van der Waals surface area contributed by atoms with E-state index in [4.69, 9.17) is 11.6 Å². The van der Waals surface area contributed by atoms with Crippen molar-refractivity contribution in [3.63, 3.8) is 0 Å². The lowest BCUT2D eigenvalue weighted by molar-refractivity contribution is 0.835. The zero-order valence-electron chi connectivity index (χ0n) is 12.9. The molecular weight excluding hydrogens is 320 g/mol. The molecule has 0 aliphatic rings. The first-order valence-corrected chi connectivity index (χ1v) is 8.11. The van der Waals surface area contributed by atoms with Crippen molar-refractivity contribution in [2.24, 2.45) is 0 Å². The Hall–Kier alpha value is -2.78. The van der Waals surface area contributed by atoms with Crippen LogP contribution in [0.2, 0.25) is 5.02 Å². The second-order valence-electron chi connectivity index (χ2n) is 5.69. The van der Waals surface area contributed by atoms with Crippen molar-refractivity contribution in [2.75, 3.05) is 0 Å². The van der Waals surface area contributed by atoms with Crippen LogP contribution < -0.4 is 5.56 Å². The van der Waals surface area contributed by atoms with Crippen LogP contribution in [-0.4, -0.2) is 9.13 Å². The highest BCUT2D eigenvalue weighted by atomic mass is 35.5. The first kappa shape index (κ1) is 14.8. The highest BCUT2D eigenvalue weighted by Crippen LogP contribution is 2.20. The molecule has 0 bridgehead atoms. The molecule has 0 atom stereocenters. The molecule has 0 amide bonds. The predicted octanol–water partition coefficient (Wildman–Crippen LogP) is 4.49. The van der Waals surface area contributed by atoms with Crippen molar-refractivity contribution in [2.45, 2.75) is 6.54 Å². The van der Waals surface area contributed by atoms with Crippen molar-refractivity contribution < 1.29 is 0 Å². The molecule has 4 aromatic rings. The number of aromatic nitrogens is 2. The SMILES string of the molecule is O=c1ccc2c(ccn2Cc2cccc(Cl)c2)n1-c1ccccc1. The number of hydrogen-bond donors (Lipinski definition) is 0. The van der Waals surface area contributed by atoms with Gasteiger partial charge in [0.1, 0.15) is 0 Å². The maximum atomic E-state index is 12.4. The van der Waals surface area contributed by atoms with E-state index in [0.717, 1.165) is 27.3 Å². The summed E-state index contributed by atoms with van der Waals surface area (Å²) in [6.07, 6.45) is 2.00. The van der Waals surface area contributed by atoms with Gasteiger partial charge in [-0.05, 0) is 42.0 Å². The standard InChI is InChI=1S/C20H15ClN2O/c21-16-6-4-5-15(13-16)14-22-12-11-19-18(22)9-10-20(24)23(19)17-7-2-1-3-8-17/h1-13H,14H2. The Morgan fingerprint density at radius 3 is 2.46 bits per heavy atom. The van der Waals surface area contributed by atoms with Gasteiger partial charge in [-0.1, -0.05) is 41.9 Å². The first-order chi connectivity index (χ1) is 11.7. The van der Waals surface area contributed by atoms with Crippen molar-refractivity contribution in [1.29, 1.82) is 0 Å². The molecule has 0 saturated heterocycles. The molecule has 0 N–H and O–H groups in total. The number of para-hydroxylation sites is 1. The number of benzene rings is 2. The van der Waals surface area contributed by atoms with E-state index in [1.165, 1.54) is 0 Å². The molecule has 24 heavy (non-hydrogen) atoms. The Kier molecular flexibility index (Phi) is 3.71. The van der Waals surface area contributed by atoms with Crippen molar-refractivity contribution in [3.8, 4) is 5.69 Å². The van der Waals surface area contributed by atoms with Gasteiger partial charge in [-0.25, -0.2) is 0 Å². The number of fused-ring (bicyclic) bond motifs is 1. The number of hydrogen-bond acceptors (Lipinski definition) is 1. The van der Waals surface area contributed by atoms with Gasteiger partial charge < -0.3 is 4.57 Å². The van der Waals surface area contributed by atoms with Crippen molar-refractivity contribution in [1.82, 2.24) is 9.13 Å². The van der Waals surface area contributed by atoms with Crippen LogP contribution in [0, 0.1) is 0 Å². The fourth-order valence-electron chi connectivity index (χ4n) is 3.00. The normalized spacial score (nSPS) is 11.0. The van der Waals surface area contributed by atoms with Crippen LogP contribution in [0.1, 0.15) is 5.56 Å². The Bertz CT molecular complexity index is 1060. The van der Waals surface area contributed by atoms with Crippen LogP contribution in [0.4, 0.5) is 0 Å². The van der Waals surface area contributed by atoms with E-state index in [1.807, 2.05) is 72.9 Å². The van der Waals surface area contributed by atoms with Gasteiger partial charge in [0, 0.05) is 29.5 Å². The van der Waals surface area contributed by atoms with E-state index in [0.29, 0.717) is 6.54 Å². The molecule has 2 aromatic heterocycles. The zero-order valence-corrected chi connectivity index (χ0v) is 13.6. The zero-order chi connectivity index (χ0) is 16.5. The fourth-order valence-corrected chi connectivity index (χ4v) is 3.21. The van der Waals surface area contributed by atoms with Gasteiger partial charge in [0.15, 0.2) is 0 Å². The molecule has 0 aliphatic heterocycles. The van der Waals surface area contributed by atoms with Gasteiger partial charge in [0.2, 0.25) is 0 Å². The predicted molar refractivity (Wildman–Crippen MR) is 98.1 cm³/mol. The van der Waals surface area contributed by atoms with Crippen LogP contribution in [-0.2, 0) is 6.54 Å². The van der Waals surface area contributed by atoms with E-state index in [1.54, 1.807) is 10.6 Å². The van der Waals surface area contributed by atoms with Crippen molar-refractivity contribution in [3.05, 3.63) is 99.9 Å². The van der Waals surface area contributed by atoms with E-state index in [2.05, 4.69) is 4.57 Å². The molecule has 0 aliphatic carbocycles. The molecule has 4 rings (SSSR count). The topological polar surface area (TPSA) is 26.9 Å². The molecule has 118 valence electrons. The smallest absolute Gasteiger partial charge is 0.255 e. The summed E-state index contributed by atoms with van der Waals surface area (Å²) in [5, 5.41) is 0.727. The first-order valence-electron chi connectivity index (χ1n) is 7.73. The molecule has 2 heterocycles. The number of nitrogens with zero attached hydrogens (tertiary/aromatic N) is 2. The maximum Gasteiger partial charge on any atom is 0.255 e. The molecule has 4 heteroatoms. The summed E-state index contributed by atoms with van der Waals surface area (Å²) in [4.78, 5) is 12.4. The second kappa shape index (κ2) is 6.02. The average Bonchev–Trinajstić information content (AvgIpc) is 2.98. The molecule has 0 unspecified atom stereocenters. The van der Waals surface area contributed by atoms with Gasteiger partial charge in [-0.15, -0.1) is 0 Å². The van der Waals surface area contributed by atoms with Crippen LogP contribution in [0.25, 0.3) is 16.7 Å². The van der Waals surface area contributed by atoms with Crippen LogP contribution in [0.5, 0.6) is 0 Å². The molecule has 3 nitrogen and oxygen atoms in total. The lowest BCUT2D eigenvalue weighted by atomic mass is 10.2. The molecular formula is C20H15ClN2O. The maximum absolute atomic E-state index is 12.4. The van der Waals surface area contributed by atoms with E-state index < -0.39 is 0 Å². The highest BCUT2D eigenvalue weighted by molar-refractivity contribution is 6.30. The minimum atomic E-state index is -0.0331.